The molecule has 1 atom stereocenters. The summed E-state index contributed by atoms with van der Waals surface area (Å²) in [5.74, 6) is 2.26. The number of nitrogens with zero attached hydrogens (tertiary/aromatic N) is 3. The van der Waals surface area contributed by atoms with E-state index in [1.165, 1.54) is 18.4 Å². The molecule has 128 valence electrons. The molecule has 3 heterocycles. The normalized spacial score (nSPS) is 20.8. The van der Waals surface area contributed by atoms with E-state index in [0.29, 0.717) is 18.3 Å². The number of benzene rings is 1. The van der Waals surface area contributed by atoms with Crippen LogP contribution < -0.4 is 4.74 Å². The van der Waals surface area contributed by atoms with E-state index < -0.39 is 0 Å². The van der Waals surface area contributed by atoms with Crippen molar-refractivity contribution in [3.8, 4) is 17.1 Å². The van der Waals surface area contributed by atoms with Crippen LogP contribution in [-0.4, -0.2) is 48.0 Å². The van der Waals surface area contributed by atoms with Gasteiger partial charge in [-0.2, -0.15) is 4.98 Å². The van der Waals surface area contributed by atoms with Gasteiger partial charge in [0.2, 0.25) is 11.7 Å². The summed E-state index contributed by atoms with van der Waals surface area (Å²) in [6.07, 6.45) is 3.29. The van der Waals surface area contributed by atoms with Crippen LogP contribution in [0.25, 0.3) is 11.4 Å². The van der Waals surface area contributed by atoms with Gasteiger partial charge in [-0.25, -0.2) is 0 Å². The zero-order chi connectivity index (χ0) is 16.4. The van der Waals surface area contributed by atoms with Gasteiger partial charge in [0.05, 0.1) is 19.8 Å². The minimum atomic E-state index is 0.0595. The molecule has 24 heavy (non-hydrogen) atoms. The zero-order valence-corrected chi connectivity index (χ0v) is 14.0. The highest BCUT2D eigenvalue weighted by Gasteiger charge is 2.29. The Balaban J connectivity index is 1.55. The molecule has 4 rings (SSSR count). The molecule has 1 aromatic carbocycles. The van der Waals surface area contributed by atoms with E-state index in [1.807, 2.05) is 12.1 Å². The second-order valence-corrected chi connectivity index (χ2v) is 6.36. The van der Waals surface area contributed by atoms with Crippen LogP contribution in [0, 0.1) is 0 Å². The summed E-state index contributed by atoms with van der Waals surface area (Å²) in [5, 5.41) is 4.19. The molecule has 0 spiro atoms. The lowest BCUT2D eigenvalue weighted by Crippen LogP contribution is -2.40. The Bertz CT molecular complexity index is 701. The van der Waals surface area contributed by atoms with Gasteiger partial charge in [-0.3, -0.25) is 4.90 Å². The van der Waals surface area contributed by atoms with Crippen molar-refractivity contribution >= 4 is 0 Å². The fourth-order valence-corrected chi connectivity index (χ4v) is 3.31. The minimum Gasteiger partial charge on any atom is -0.493 e. The summed E-state index contributed by atoms with van der Waals surface area (Å²) in [6.45, 7) is 6.30. The second kappa shape index (κ2) is 6.91. The van der Waals surface area contributed by atoms with Gasteiger partial charge in [-0.15, -0.1) is 0 Å². The van der Waals surface area contributed by atoms with Gasteiger partial charge in [0.15, 0.2) is 0 Å². The smallest absolute Gasteiger partial charge is 0.246 e. The lowest BCUT2D eigenvalue weighted by Gasteiger charge is -2.33. The van der Waals surface area contributed by atoms with Gasteiger partial charge in [0.1, 0.15) is 11.8 Å². The molecule has 0 radical (unpaired) electrons. The van der Waals surface area contributed by atoms with E-state index in [-0.39, 0.29) is 6.04 Å². The van der Waals surface area contributed by atoms with Crippen molar-refractivity contribution < 1.29 is 14.0 Å². The highest BCUT2D eigenvalue weighted by Crippen LogP contribution is 2.30. The Hall–Kier alpha value is -1.92. The van der Waals surface area contributed by atoms with Crippen molar-refractivity contribution in [1.82, 2.24) is 15.0 Å². The van der Waals surface area contributed by atoms with Crippen LogP contribution in [0.2, 0.25) is 0 Å². The summed E-state index contributed by atoms with van der Waals surface area (Å²) in [6, 6.07) is 6.14. The van der Waals surface area contributed by atoms with Crippen LogP contribution in [0.3, 0.4) is 0 Å². The summed E-state index contributed by atoms with van der Waals surface area (Å²) in [5.41, 5.74) is 2.19. The van der Waals surface area contributed by atoms with Gasteiger partial charge in [-0.1, -0.05) is 18.5 Å². The maximum Gasteiger partial charge on any atom is 0.246 e. The number of morpholine rings is 1. The van der Waals surface area contributed by atoms with Gasteiger partial charge >= 0.3 is 0 Å². The van der Waals surface area contributed by atoms with Gasteiger partial charge < -0.3 is 14.0 Å². The van der Waals surface area contributed by atoms with Gasteiger partial charge in [0.25, 0.3) is 0 Å². The molecule has 1 fully saturated rings. The van der Waals surface area contributed by atoms with Crippen molar-refractivity contribution in [1.29, 1.82) is 0 Å². The molecule has 2 aliphatic rings. The molecular weight excluding hydrogens is 306 g/mol. The second-order valence-electron chi connectivity index (χ2n) is 6.36. The summed E-state index contributed by atoms with van der Waals surface area (Å²) in [7, 11) is 0. The van der Waals surface area contributed by atoms with Crippen LogP contribution in [0.4, 0.5) is 0 Å². The van der Waals surface area contributed by atoms with Crippen LogP contribution in [-0.2, 0) is 11.2 Å². The van der Waals surface area contributed by atoms with E-state index in [9.17, 15) is 0 Å². The average Bonchev–Trinajstić information content (AvgIpc) is 3.28. The molecular formula is C18H23N3O3. The topological polar surface area (TPSA) is 60.6 Å². The van der Waals surface area contributed by atoms with Gasteiger partial charge in [0, 0.05) is 18.5 Å². The first kappa shape index (κ1) is 15.6. The lowest BCUT2D eigenvalue weighted by atomic mass is 10.1. The highest BCUT2D eigenvalue weighted by atomic mass is 16.5. The lowest BCUT2D eigenvalue weighted by molar-refractivity contribution is -0.0203. The first-order valence-corrected chi connectivity index (χ1v) is 8.76. The Morgan fingerprint density at radius 2 is 2.25 bits per heavy atom. The molecule has 0 saturated carbocycles. The van der Waals surface area contributed by atoms with Crippen molar-refractivity contribution in [3.05, 3.63) is 29.7 Å². The molecule has 0 N–H and O–H groups in total. The van der Waals surface area contributed by atoms with Crippen LogP contribution in [0.1, 0.15) is 37.3 Å². The minimum absolute atomic E-state index is 0.0595. The molecule has 6 nitrogen and oxygen atoms in total. The molecule has 2 aliphatic heterocycles. The van der Waals surface area contributed by atoms with E-state index in [0.717, 1.165) is 44.0 Å². The van der Waals surface area contributed by atoms with Crippen molar-refractivity contribution in [2.45, 2.75) is 32.2 Å². The maximum atomic E-state index is 5.64. The first-order chi connectivity index (χ1) is 11.8. The van der Waals surface area contributed by atoms with Crippen molar-refractivity contribution in [2.24, 2.45) is 0 Å². The monoisotopic (exact) mass is 329 g/mol. The van der Waals surface area contributed by atoms with Crippen LogP contribution in [0.15, 0.2) is 22.7 Å². The molecule has 0 amide bonds. The fraction of sp³-hybridized carbons (Fsp3) is 0.556. The Kier molecular flexibility index (Phi) is 4.49. The number of hydrogen-bond donors (Lipinski definition) is 0. The largest absolute Gasteiger partial charge is 0.493 e. The predicted molar refractivity (Wildman–Crippen MR) is 89.0 cm³/mol. The Labute approximate surface area is 141 Å². The maximum absolute atomic E-state index is 5.64. The SMILES string of the molecule is CCCCN1CCOCC1c1nc(-c2ccc3c(c2)CCO3)no1. The van der Waals surface area contributed by atoms with Crippen molar-refractivity contribution in [2.75, 3.05) is 32.9 Å². The molecule has 2 aromatic rings. The molecule has 1 aromatic heterocycles. The Morgan fingerprint density at radius 1 is 1.29 bits per heavy atom. The first-order valence-electron chi connectivity index (χ1n) is 8.76. The summed E-state index contributed by atoms with van der Waals surface area (Å²) < 4.78 is 16.8. The highest BCUT2D eigenvalue weighted by molar-refractivity contribution is 5.59. The summed E-state index contributed by atoms with van der Waals surface area (Å²) in [4.78, 5) is 7.04. The number of unbranched alkanes of at least 4 members (excludes halogenated alkanes) is 1. The average molecular weight is 329 g/mol. The van der Waals surface area contributed by atoms with Crippen LogP contribution >= 0.6 is 0 Å². The molecule has 0 aliphatic carbocycles. The standard InChI is InChI=1S/C18H23N3O3/c1-2-3-7-21-8-10-22-12-15(21)18-19-17(20-24-18)14-4-5-16-13(11-14)6-9-23-16/h4-5,11,15H,2-3,6-10,12H2,1H3. The molecule has 0 bridgehead atoms. The number of hydrogen-bond acceptors (Lipinski definition) is 6. The third-order valence-electron chi connectivity index (χ3n) is 4.71. The Morgan fingerprint density at radius 3 is 3.17 bits per heavy atom. The number of aromatic nitrogens is 2. The molecule has 1 saturated heterocycles. The van der Waals surface area contributed by atoms with E-state index in [4.69, 9.17) is 14.0 Å². The van der Waals surface area contributed by atoms with E-state index in [2.05, 4.69) is 28.0 Å². The predicted octanol–water partition coefficient (Wildman–Crippen LogP) is 2.84. The van der Waals surface area contributed by atoms with E-state index >= 15 is 0 Å². The number of fused-ring (bicyclic) bond motifs is 1. The zero-order valence-electron chi connectivity index (χ0n) is 14.0. The van der Waals surface area contributed by atoms with Crippen LogP contribution in [0.5, 0.6) is 5.75 Å². The van der Waals surface area contributed by atoms with Crippen molar-refractivity contribution in [3.63, 3.8) is 0 Å². The summed E-state index contributed by atoms with van der Waals surface area (Å²) >= 11 is 0. The molecule has 1 unspecified atom stereocenters. The van der Waals surface area contributed by atoms with Gasteiger partial charge in [-0.05, 0) is 36.7 Å². The third-order valence-corrected chi connectivity index (χ3v) is 4.71. The number of rotatable bonds is 5. The quantitative estimate of drug-likeness (QED) is 0.840. The number of ether oxygens (including phenoxy) is 2. The molecule has 6 heteroatoms. The fourth-order valence-electron chi connectivity index (χ4n) is 3.31. The van der Waals surface area contributed by atoms with E-state index in [1.54, 1.807) is 0 Å². The third kappa shape index (κ3) is 3.03.